The fourth-order valence-electron chi connectivity index (χ4n) is 2.90. The number of hydrogen-bond donors (Lipinski definition) is 1. The summed E-state index contributed by atoms with van der Waals surface area (Å²) in [5.74, 6) is 1.20. The van der Waals surface area contributed by atoms with Crippen LogP contribution in [0.3, 0.4) is 0 Å². The number of hydrogen-bond acceptors (Lipinski definition) is 2. The zero-order valence-electron chi connectivity index (χ0n) is 11.9. The van der Waals surface area contributed by atoms with E-state index in [2.05, 4.69) is 12.2 Å². The van der Waals surface area contributed by atoms with Crippen molar-refractivity contribution in [3.8, 4) is 5.75 Å². The zero-order chi connectivity index (χ0) is 13.7. The summed E-state index contributed by atoms with van der Waals surface area (Å²) >= 11 is 0. The van der Waals surface area contributed by atoms with Gasteiger partial charge in [0, 0.05) is 12.1 Å². The van der Waals surface area contributed by atoms with Crippen LogP contribution in [0.2, 0.25) is 0 Å². The largest absolute Gasteiger partial charge is 0.492 e. The molecule has 0 radical (unpaired) electrons. The Labute approximate surface area is 115 Å². The molecular formula is C16H24FNO. The van der Waals surface area contributed by atoms with Gasteiger partial charge in [-0.05, 0) is 37.8 Å². The highest BCUT2D eigenvalue weighted by Gasteiger charge is 2.21. The Kier molecular flexibility index (Phi) is 5.06. The number of ether oxygens (including phenoxy) is 1. The zero-order valence-corrected chi connectivity index (χ0v) is 11.9. The van der Waals surface area contributed by atoms with Gasteiger partial charge in [-0.1, -0.05) is 26.2 Å². The van der Waals surface area contributed by atoms with Gasteiger partial charge in [0.25, 0.3) is 0 Å². The van der Waals surface area contributed by atoms with Crippen molar-refractivity contribution in [1.82, 2.24) is 0 Å². The highest BCUT2D eigenvalue weighted by molar-refractivity contribution is 5.57. The van der Waals surface area contributed by atoms with E-state index < -0.39 is 0 Å². The second-order valence-electron chi connectivity index (χ2n) is 5.36. The summed E-state index contributed by atoms with van der Waals surface area (Å²) in [5, 5.41) is 3.53. The molecule has 1 fully saturated rings. The van der Waals surface area contributed by atoms with E-state index in [1.807, 2.05) is 6.92 Å². The van der Waals surface area contributed by atoms with Crippen LogP contribution >= 0.6 is 0 Å². The summed E-state index contributed by atoms with van der Waals surface area (Å²) < 4.78 is 18.8. The Balaban J connectivity index is 2.05. The molecule has 1 saturated carbocycles. The Bertz CT molecular complexity index is 408. The normalized spacial score (nSPS) is 23.1. The van der Waals surface area contributed by atoms with Crippen molar-refractivity contribution in [2.24, 2.45) is 5.92 Å². The van der Waals surface area contributed by atoms with Gasteiger partial charge in [0.15, 0.2) is 0 Å². The summed E-state index contributed by atoms with van der Waals surface area (Å²) in [4.78, 5) is 0. The van der Waals surface area contributed by atoms with E-state index in [0.717, 1.165) is 11.6 Å². The summed E-state index contributed by atoms with van der Waals surface area (Å²) in [6, 6.07) is 5.23. The van der Waals surface area contributed by atoms with Gasteiger partial charge in [-0.3, -0.25) is 0 Å². The lowest BCUT2D eigenvalue weighted by Gasteiger charge is -2.30. The van der Waals surface area contributed by atoms with Crippen LogP contribution in [0.4, 0.5) is 10.1 Å². The van der Waals surface area contributed by atoms with Crippen molar-refractivity contribution in [3.63, 3.8) is 0 Å². The fraction of sp³-hybridized carbons (Fsp3) is 0.625. The SMILES string of the molecule is CCOc1cc(F)ccc1NC1CCCC(CC)C1. The first-order valence-electron chi connectivity index (χ1n) is 7.41. The van der Waals surface area contributed by atoms with Crippen LogP contribution in [0, 0.1) is 11.7 Å². The molecule has 1 aromatic carbocycles. The lowest BCUT2D eigenvalue weighted by Crippen LogP contribution is -2.27. The van der Waals surface area contributed by atoms with Gasteiger partial charge in [-0.2, -0.15) is 0 Å². The average Bonchev–Trinajstić information content (AvgIpc) is 2.42. The van der Waals surface area contributed by atoms with E-state index in [4.69, 9.17) is 4.74 Å². The Morgan fingerprint density at radius 1 is 1.32 bits per heavy atom. The maximum atomic E-state index is 13.3. The van der Waals surface area contributed by atoms with Gasteiger partial charge >= 0.3 is 0 Å². The minimum atomic E-state index is -0.246. The summed E-state index contributed by atoms with van der Waals surface area (Å²) in [5.41, 5.74) is 0.921. The van der Waals surface area contributed by atoms with Gasteiger partial charge in [0.1, 0.15) is 11.6 Å². The van der Waals surface area contributed by atoms with Gasteiger partial charge < -0.3 is 10.1 Å². The van der Waals surface area contributed by atoms with E-state index in [-0.39, 0.29) is 5.82 Å². The molecule has 19 heavy (non-hydrogen) atoms. The quantitative estimate of drug-likeness (QED) is 0.839. The van der Waals surface area contributed by atoms with E-state index in [1.165, 1.54) is 44.2 Å². The van der Waals surface area contributed by atoms with Crippen LogP contribution in [0.15, 0.2) is 18.2 Å². The number of halogens is 1. The van der Waals surface area contributed by atoms with E-state index >= 15 is 0 Å². The molecule has 1 N–H and O–H groups in total. The van der Waals surface area contributed by atoms with E-state index in [9.17, 15) is 4.39 Å². The molecular weight excluding hydrogens is 241 g/mol. The Morgan fingerprint density at radius 3 is 2.89 bits per heavy atom. The second kappa shape index (κ2) is 6.78. The second-order valence-corrected chi connectivity index (χ2v) is 5.36. The van der Waals surface area contributed by atoms with Crippen LogP contribution in [0.5, 0.6) is 5.75 Å². The Morgan fingerprint density at radius 2 is 2.16 bits per heavy atom. The number of nitrogens with one attached hydrogen (secondary N) is 1. The maximum Gasteiger partial charge on any atom is 0.145 e. The van der Waals surface area contributed by atoms with Crippen molar-refractivity contribution in [3.05, 3.63) is 24.0 Å². The van der Waals surface area contributed by atoms with Crippen LogP contribution in [-0.4, -0.2) is 12.6 Å². The molecule has 0 amide bonds. The molecule has 2 atom stereocenters. The molecule has 0 spiro atoms. The van der Waals surface area contributed by atoms with Crippen molar-refractivity contribution >= 4 is 5.69 Å². The lowest BCUT2D eigenvalue weighted by atomic mass is 9.84. The van der Waals surface area contributed by atoms with E-state index in [1.54, 1.807) is 6.07 Å². The molecule has 0 aromatic heterocycles. The summed E-state index contributed by atoms with van der Waals surface area (Å²) in [7, 11) is 0. The van der Waals surface area contributed by atoms with Crippen molar-refractivity contribution in [2.75, 3.05) is 11.9 Å². The van der Waals surface area contributed by atoms with Crippen LogP contribution in [0.25, 0.3) is 0 Å². The molecule has 0 saturated heterocycles. The van der Waals surface area contributed by atoms with Gasteiger partial charge in [0.2, 0.25) is 0 Å². The highest BCUT2D eigenvalue weighted by atomic mass is 19.1. The maximum absolute atomic E-state index is 13.3. The summed E-state index contributed by atoms with van der Waals surface area (Å²) in [6.07, 6.45) is 6.27. The molecule has 2 rings (SSSR count). The first-order chi connectivity index (χ1) is 9.22. The lowest BCUT2D eigenvalue weighted by molar-refractivity contribution is 0.322. The molecule has 0 bridgehead atoms. The predicted molar refractivity (Wildman–Crippen MR) is 77.2 cm³/mol. The van der Waals surface area contributed by atoms with Crippen LogP contribution in [0.1, 0.15) is 46.0 Å². The standard InChI is InChI=1S/C16H24FNO/c1-3-12-6-5-7-14(10-12)18-15-9-8-13(17)11-16(15)19-4-2/h8-9,11-12,14,18H,3-7,10H2,1-2H3. The first kappa shape index (κ1) is 14.2. The first-order valence-corrected chi connectivity index (χ1v) is 7.41. The molecule has 0 aliphatic heterocycles. The van der Waals surface area contributed by atoms with Gasteiger partial charge in [-0.15, -0.1) is 0 Å². The fourth-order valence-corrected chi connectivity index (χ4v) is 2.90. The average molecular weight is 265 g/mol. The van der Waals surface area contributed by atoms with E-state index in [0.29, 0.717) is 18.4 Å². The number of anilines is 1. The minimum Gasteiger partial charge on any atom is -0.492 e. The van der Waals surface area contributed by atoms with Crippen LogP contribution in [-0.2, 0) is 0 Å². The van der Waals surface area contributed by atoms with Crippen molar-refractivity contribution in [1.29, 1.82) is 0 Å². The third-order valence-electron chi connectivity index (χ3n) is 3.96. The molecule has 1 aromatic rings. The Hall–Kier alpha value is -1.25. The highest BCUT2D eigenvalue weighted by Crippen LogP contribution is 2.32. The predicted octanol–water partition coefficient (Wildman–Crippen LogP) is 4.61. The summed E-state index contributed by atoms with van der Waals surface area (Å²) in [6.45, 7) is 4.74. The van der Waals surface area contributed by atoms with Gasteiger partial charge in [0.05, 0.1) is 12.3 Å². The van der Waals surface area contributed by atoms with Crippen molar-refractivity contribution < 1.29 is 9.13 Å². The van der Waals surface area contributed by atoms with Crippen molar-refractivity contribution in [2.45, 2.75) is 52.0 Å². The molecule has 1 aliphatic carbocycles. The molecule has 106 valence electrons. The number of rotatable bonds is 5. The topological polar surface area (TPSA) is 21.3 Å². The smallest absolute Gasteiger partial charge is 0.145 e. The molecule has 2 unspecified atom stereocenters. The van der Waals surface area contributed by atoms with Crippen LogP contribution < -0.4 is 10.1 Å². The monoisotopic (exact) mass is 265 g/mol. The molecule has 2 nitrogen and oxygen atoms in total. The molecule has 0 heterocycles. The molecule has 3 heteroatoms. The van der Waals surface area contributed by atoms with Gasteiger partial charge in [-0.25, -0.2) is 4.39 Å². The minimum absolute atomic E-state index is 0.246. The molecule has 1 aliphatic rings. The number of benzene rings is 1. The third kappa shape index (κ3) is 3.85. The third-order valence-corrected chi connectivity index (χ3v) is 3.96.